The van der Waals surface area contributed by atoms with E-state index >= 15 is 0 Å². The largest absolute Gasteiger partial charge is 0.352 e. The normalized spacial score (nSPS) is 33.3. The quantitative estimate of drug-likeness (QED) is 0.782. The minimum Gasteiger partial charge on any atom is -0.352 e. The van der Waals surface area contributed by atoms with Gasteiger partial charge in [-0.05, 0) is 56.4 Å². The first-order chi connectivity index (χ1) is 12.9. The molecule has 0 radical (unpaired) electrons. The summed E-state index contributed by atoms with van der Waals surface area (Å²) in [6, 6.07) is 8.68. The van der Waals surface area contributed by atoms with E-state index in [1.54, 1.807) is 19.1 Å². The fourth-order valence-electron chi connectivity index (χ4n) is 5.26. The Hall–Kier alpha value is -2.37. The molecule has 144 valence electrons. The van der Waals surface area contributed by atoms with E-state index in [9.17, 15) is 14.4 Å². The van der Waals surface area contributed by atoms with Gasteiger partial charge in [0.15, 0.2) is 0 Å². The van der Waals surface area contributed by atoms with Crippen LogP contribution in [-0.4, -0.2) is 35.3 Å². The molecule has 0 aromatic heterocycles. The van der Waals surface area contributed by atoms with E-state index in [2.05, 4.69) is 10.6 Å². The van der Waals surface area contributed by atoms with E-state index in [0.717, 1.165) is 10.8 Å². The molecule has 1 aromatic carbocycles. The number of amides is 4. The molecule has 0 unspecified atom stereocenters. The van der Waals surface area contributed by atoms with Crippen molar-refractivity contribution in [1.82, 2.24) is 15.5 Å². The van der Waals surface area contributed by atoms with Gasteiger partial charge < -0.3 is 10.6 Å². The van der Waals surface area contributed by atoms with Gasteiger partial charge in [0.1, 0.15) is 12.1 Å². The molecule has 3 fully saturated rings. The van der Waals surface area contributed by atoms with Crippen LogP contribution in [0.5, 0.6) is 0 Å². The predicted octanol–water partition coefficient (Wildman–Crippen LogP) is 2.39. The Balaban J connectivity index is 1.39. The van der Waals surface area contributed by atoms with Crippen molar-refractivity contribution in [3.05, 3.63) is 35.9 Å². The first kappa shape index (κ1) is 18.0. The molecule has 4 amide bonds. The van der Waals surface area contributed by atoms with Gasteiger partial charge in [0, 0.05) is 6.04 Å². The molecule has 6 heteroatoms. The third-order valence-electron chi connectivity index (χ3n) is 6.75. The Labute approximate surface area is 159 Å². The first-order valence-corrected chi connectivity index (χ1v) is 9.87. The highest BCUT2D eigenvalue weighted by atomic mass is 16.2. The summed E-state index contributed by atoms with van der Waals surface area (Å²) in [5.74, 6) is 1.39. The lowest BCUT2D eigenvalue weighted by atomic mass is 9.84. The van der Waals surface area contributed by atoms with Crippen molar-refractivity contribution in [1.29, 1.82) is 0 Å². The zero-order valence-corrected chi connectivity index (χ0v) is 15.9. The number of benzene rings is 1. The van der Waals surface area contributed by atoms with E-state index in [-0.39, 0.29) is 24.4 Å². The molecule has 2 bridgehead atoms. The molecule has 2 saturated carbocycles. The first-order valence-electron chi connectivity index (χ1n) is 9.87. The molecular weight excluding hydrogens is 342 g/mol. The van der Waals surface area contributed by atoms with Gasteiger partial charge in [-0.15, -0.1) is 0 Å². The number of imide groups is 1. The summed E-state index contributed by atoms with van der Waals surface area (Å²) in [6.07, 6.45) is 5.05. The van der Waals surface area contributed by atoms with Gasteiger partial charge in [-0.25, -0.2) is 4.79 Å². The third kappa shape index (κ3) is 3.11. The van der Waals surface area contributed by atoms with Crippen LogP contribution in [0.2, 0.25) is 0 Å². The maximum Gasteiger partial charge on any atom is 0.325 e. The summed E-state index contributed by atoms with van der Waals surface area (Å²) in [6.45, 7) is 3.49. The summed E-state index contributed by atoms with van der Waals surface area (Å²) in [5.41, 5.74) is -0.420. The number of hydrogen-bond donors (Lipinski definition) is 2. The standard InChI is InChI=1S/C21H27N3O3/c1-13(17-11-14-8-9-15(17)10-14)22-18(25)12-24-19(26)21(2,23-20(24)27)16-6-4-3-5-7-16/h3-7,13-15,17H,8-12H2,1-2H3,(H,22,25)(H,23,27)/t13-,14-,15-,17+,21+/m0/s1. The minimum absolute atomic E-state index is 0.0778. The molecule has 27 heavy (non-hydrogen) atoms. The second-order valence-corrected chi connectivity index (χ2v) is 8.51. The van der Waals surface area contributed by atoms with Crippen LogP contribution >= 0.6 is 0 Å². The minimum atomic E-state index is -1.13. The predicted molar refractivity (Wildman–Crippen MR) is 101 cm³/mol. The van der Waals surface area contributed by atoms with E-state index in [4.69, 9.17) is 0 Å². The van der Waals surface area contributed by atoms with Gasteiger partial charge in [-0.3, -0.25) is 14.5 Å². The number of carbonyl (C=O) groups excluding carboxylic acids is 3. The molecule has 3 aliphatic rings. The number of hydrogen-bond acceptors (Lipinski definition) is 3. The summed E-state index contributed by atoms with van der Waals surface area (Å²) in [4.78, 5) is 38.8. The molecule has 1 heterocycles. The number of urea groups is 1. The van der Waals surface area contributed by atoms with E-state index in [0.29, 0.717) is 17.4 Å². The molecule has 1 saturated heterocycles. The number of nitrogens with one attached hydrogen (secondary N) is 2. The average molecular weight is 369 g/mol. The van der Waals surface area contributed by atoms with Crippen LogP contribution in [0.3, 0.4) is 0 Å². The summed E-state index contributed by atoms with van der Waals surface area (Å²) >= 11 is 0. The monoisotopic (exact) mass is 369 g/mol. The van der Waals surface area contributed by atoms with Crippen LogP contribution in [0.15, 0.2) is 30.3 Å². The fourth-order valence-corrected chi connectivity index (χ4v) is 5.26. The lowest BCUT2D eigenvalue weighted by molar-refractivity contribution is -0.135. The number of carbonyl (C=O) groups is 3. The fraction of sp³-hybridized carbons (Fsp3) is 0.571. The van der Waals surface area contributed by atoms with E-state index in [1.807, 2.05) is 25.1 Å². The van der Waals surface area contributed by atoms with E-state index < -0.39 is 11.6 Å². The van der Waals surface area contributed by atoms with Gasteiger partial charge >= 0.3 is 6.03 Å². The highest BCUT2D eigenvalue weighted by molar-refractivity contribution is 6.09. The molecule has 2 aliphatic carbocycles. The molecule has 4 rings (SSSR count). The number of nitrogens with zero attached hydrogens (tertiary/aromatic N) is 1. The van der Waals surface area contributed by atoms with Crippen molar-refractivity contribution in [3.63, 3.8) is 0 Å². The zero-order valence-electron chi connectivity index (χ0n) is 15.9. The van der Waals surface area contributed by atoms with Crippen molar-refractivity contribution in [2.45, 2.75) is 51.1 Å². The molecule has 5 atom stereocenters. The highest BCUT2D eigenvalue weighted by Crippen LogP contribution is 2.49. The Bertz CT molecular complexity index is 765. The Morgan fingerprint density at radius 2 is 2.00 bits per heavy atom. The molecule has 1 aromatic rings. The second kappa shape index (κ2) is 6.66. The van der Waals surface area contributed by atoms with Crippen LogP contribution in [0, 0.1) is 17.8 Å². The Morgan fingerprint density at radius 3 is 2.63 bits per heavy atom. The highest BCUT2D eigenvalue weighted by Gasteiger charge is 2.49. The maximum absolute atomic E-state index is 12.9. The molecule has 0 spiro atoms. The Kier molecular flexibility index (Phi) is 4.44. The van der Waals surface area contributed by atoms with Crippen molar-refractivity contribution in [3.8, 4) is 0 Å². The molecule has 1 aliphatic heterocycles. The van der Waals surface area contributed by atoms with Gasteiger partial charge in [0.2, 0.25) is 5.91 Å². The van der Waals surface area contributed by atoms with Crippen molar-refractivity contribution < 1.29 is 14.4 Å². The lowest BCUT2D eigenvalue weighted by Crippen LogP contribution is -2.47. The van der Waals surface area contributed by atoms with Crippen LogP contribution in [0.25, 0.3) is 0 Å². The van der Waals surface area contributed by atoms with Crippen molar-refractivity contribution in [2.75, 3.05) is 6.54 Å². The van der Waals surface area contributed by atoms with Gasteiger partial charge in [0.25, 0.3) is 5.91 Å². The van der Waals surface area contributed by atoms with Gasteiger partial charge in [0.05, 0.1) is 0 Å². The van der Waals surface area contributed by atoms with Crippen LogP contribution in [0.1, 0.15) is 45.1 Å². The van der Waals surface area contributed by atoms with E-state index in [1.165, 1.54) is 25.7 Å². The average Bonchev–Trinajstić information content (AvgIpc) is 3.34. The molecule has 6 nitrogen and oxygen atoms in total. The molecule has 2 N–H and O–H groups in total. The van der Waals surface area contributed by atoms with Crippen LogP contribution in [-0.2, 0) is 15.1 Å². The zero-order chi connectivity index (χ0) is 19.2. The summed E-state index contributed by atoms with van der Waals surface area (Å²) in [5, 5.41) is 5.77. The van der Waals surface area contributed by atoms with Crippen LogP contribution in [0.4, 0.5) is 4.79 Å². The second-order valence-electron chi connectivity index (χ2n) is 8.51. The van der Waals surface area contributed by atoms with Crippen molar-refractivity contribution >= 4 is 17.8 Å². The van der Waals surface area contributed by atoms with Gasteiger partial charge in [-0.1, -0.05) is 36.8 Å². The summed E-state index contributed by atoms with van der Waals surface area (Å²) < 4.78 is 0. The SMILES string of the molecule is C[C@H](NC(=O)CN1C(=O)N[C@](C)(c2ccccc2)C1=O)[C@H]1C[C@H]2CC[C@H]1C2. The summed E-state index contributed by atoms with van der Waals surface area (Å²) in [7, 11) is 0. The number of fused-ring (bicyclic) bond motifs is 2. The smallest absolute Gasteiger partial charge is 0.325 e. The van der Waals surface area contributed by atoms with Crippen molar-refractivity contribution in [2.24, 2.45) is 17.8 Å². The maximum atomic E-state index is 12.9. The number of rotatable bonds is 5. The Morgan fingerprint density at radius 1 is 1.26 bits per heavy atom. The van der Waals surface area contributed by atoms with Crippen LogP contribution < -0.4 is 10.6 Å². The molecular formula is C21H27N3O3. The lowest BCUT2D eigenvalue weighted by Gasteiger charge is -2.29. The topological polar surface area (TPSA) is 78.5 Å². The van der Waals surface area contributed by atoms with Gasteiger partial charge in [-0.2, -0.15) is 0 Å². The third-order valence-corrected chi connectivity index (χ3v) is 6.75.